The number of esters is 1. The maximum absolute atomic E-state index is 12.6. The molecule has 0 spiro atoms. The van der Waals surface area contributed by atoms with Crippen LogP contribution in [-0.4, -0.2) is 55.4 Å². The van der Waals surface area contributed by atoms with Gasteiger partial charge in [0.1, 0.15) is 36.0 Å². The van der Waals surface area contributed by atoms with Gasteiger partial charge in [-0.05, 0) is 55.5 Å². The van der Waals surface area contributed by atoms with Crippen LogP contribution in [0, 0.1) is 0 Å². The third-order valence-electron chi connectivity index (χ3n) is 5.15. The zero-order valence-electron chi connectivity index (χ0n) is 19.5. The van der Waals surface area contributed by atoms with Crippen LogP contribution < -0.4 is 0 Å². The number of rotatable bonds is 5. The number of halogens is 6. The molecule has 0 saturated carbocycles. The monoisotopic (exact) mass is 546 g/mol. The molecule has 38 heavy (non-hydrogen) atoms. The van der Waals surface area contributed by atoms with Crippen LogP contribution in [0.3, 0.4) is 0 Å². The zero-order valence-corrected chi connectivity index (χ0v) is 19.5. The highest BCUT2D eigenvalue weighted by atomic mass is 19.4. The number of carboxylic acids is 1. The van der Waals surface area contributed by atoms with E-state index in [0.29, 0.717) is 9.95 Å². The number of aromatic carboxylic acids is 1. The van der Waals surface area contributed by atoms with Gasteiger partial charge in [-0.1, -0.05) is 0 Å². The van der Waals surface area contributed by atoms with E-state index in [-0.39, 0.29) is 40.2 Å². The number of benzene rings is 2. The molecular weight excluding hydrogens is 526 g/mol. The van der Waals surface area contributed by atoms with Crippen LogP contribution in [0.5, 0.6) is 11.5 Å². The van der Waals surface area contributed by atoms with Gasteiger partial charge in [0.15, 0.2) is 0 Å². The van der Waals surface area contributed by atoms with Crippen molar-refractivity contribution in [1.82, 2.24) is 9.13 Å². The van der Waals surface area contributed by atoms with Crippen molar-refractivity contribution in [3.63, 3.8) is 0 Å². The Labute approximate surface area is 209 Å². The van der Waals surface area contributed by atoms with Crippen molar-refractivity contribution in [3.8, 4) is 11.5 Å². The number of carboxylic acid groups (broad SMARTS) is 1. The maximum atomic E-state index is 12.6. The van der Waals surface area contributed by atoms with E-state index in [0.717, 1.165) is 10.6 Å². The summed E-state index contributed by atoms with van der Waals surface area (Å²) in [5.41, 5.74) is -0.330. The van der Waals surface area contributed by atoms with Crippen LogP contribution in [0.2, 0.25) is 0 Å². The Morgan fingerprint density at radius 3 is 1.58 bits per heavy atom. The molecule has 0 saturated heterocycles. The summed E-state index contributed by atoms with van der Waals surface area (Å²) in [5, 5.41) is 28.1. The van der Waals surface area contributed by atoms with E-state index in [1.165, 1.54) is 42.5 Å². The Kier molecular flexibility index (Phi) is 7.84. The number of aromatic hydroxyl groups is 2. The highest BCUT2D eigenvalue weighted by Gasteiger charge is 2.32. The highest BCUT2D eigenvalue weighted by molar-refractivity contribution is 5.96. The third kappa shape index (κ3) is 6.69. The number of phenols is 2. The SMILES string of the molecule is CCOC(=O)c1cc2cc(O)ccc2n1CC(F)(F)F.O=C(O)c1cc2cc(O)ccc2n1CC(F)(F)F. The zero-order chi connectivity index (χ0) is 28.4. The number of aromatic nitrogens is 2. The number of hydrogen-bond donors (Lipinski definition) is 3. The number of nitrogens with zero attached hydrogens (tertiary/aromatic N) is 2. The highest BCUT2D eigenvalue weighted by Crippen LogP contribution is 2.29. The minimum absolute atomic E-state index is 0.0671. The van der Waals surface area contributed by atoms with Gasteiger partial charge in [-0.3, -0.25) is 0 Å². The van der Waals surface area contributed by atoms with Crippen LogP contribution in [0.15, 0.2) is 48.5 Å². The molecule has 0 fully saturated rings. The normalized spacial score (nSPS) is 11.9. The minimum Gasteiger partial charge on any atom is -0.508 e. The molecule has 0 amide bonds. The molecule has 204 valence electrons. The van der Waals surface area contributed by atoms with Gasteiger partial charge in [0.05, 0.1) is 6.61 Å². The molecule has 0 unspecified atom stereocenters. The Hall–Kier alpha value is -4.36. The van der Waals surface area contributed by atoms with Crippen LogP contribution in [0.4, 0.5) is 26.3 Å². The molecule has 3 N–H and O–H groups in total. The Morgan fingerprint density at radius 2 is 1.18 bits per heavy atom. The number of alkyl halides is 6. The molecule has 0 aliphatic carbocycles. The van der Waals surface area contributed by atoms with Crippen molar-refractivity contribution in [1.29, 1.82) is 0 Å². The number of carbonyl (C=O) groups excluding carboxylic acids is 1. The van der Waals surface area contributed by atoms with Gasteiger partial charge in [0.25, 0.3) is 0 Å². The van der Waals surface area contributed by atoms with Crippen LogP contribution >= 0.6 is 0 Å². The van der Waals surface area contributed by atoms with E-state index in [1.54, 1.807) is 6.92 Å². The van der Waals surface area contributed by atoms with Crippen molar-refractivity contribution < 1.29 is 56.0 Å². The van der Waals surface area contributed by atoms with Crippen LogP contribution in [-0.2, 0) is 17.8 Å². The van der Waals surface area contributed by atoms with Gasteiger partial charge >= 0.3 is 24.3 Å². The molecule has 4 rings (SSSR count). The molecule has 14 heteroatoms. The second kappa shape index (κ2) is 10.6. The smallest absolute Gasteiger partial charge is 0.406 e. The quantitative estimate of drug-likeness (QED) is 0.219. The van der Waals surface area contributed by atoms with E-state index in [2.05, 4.69) is 0 Å². The molecule has 0 aliphatic heterocycles. The lowest BCUT2D eigenvalue weighted by Gasteiger charge is -2.12. The lowest BCUT2D eigenvalue weighted by molar-refractivity contribution is -0.141. The number of ether oxygens (including phenoxy) is 1. The van der Waals surface area contributed by atoms with E-state index in [9.17, 15) is 46.1 Å². The van der Waals surface area contributed by atoms with Crippen molar-refractivity contribution in [2.45, 2.75) is 32.4 Å². The topological polar surface area (TPSA) is 114 Å². The average molecular weight is 546 g/mol. The van der Waals surface area contributed by atoms with Gasteiger partial charge in [-0.25, -0.2) is 9.59 Å². The fourth-order valence-electron chi connectivity index (χ4n) is 3.77. The summed E-state index contributed by atoms with van der Waals surface area (Å²) >= 11 is 0. The predicted octanol–water partition coefficient (Wildman–Crippen LogP) is 5.69. The van der Waals surface area contributed by atoms with Gasteiger partial charge in [-0.15, -0.1) is 0 Å². The molecule has 2 heterocycles. The van der Waals surface area contributed by atoms with Crippen molar-refractivity contribution in [2.75, 3.05) is 6.61 Å². The van der Waals surface area contributed by atoms with Crippen molar-refractivity contribution in [2.24, 2.45) is 0 Å². The molecule has 0 bridgehead atoms. The molecule has 0 atom stereocenters. The first kappa shape index (κ1) is 28.2. The summed E-state index contributed by atoms with van der Waals surface area (Å²) < 4.78 is 81.4. The minimum atomic E-state index is -4.52. The summed E-state index contributed by atoms with van der Waals surface area (Å²) in [7, 11) is 0. The molecule has 0 radical (unpaired) electrons. The second-order valence-electron chi connectivity index (χ2n) is 7.97. The number of carbonyl (C=O) groups is 2. The largest absolute Gasteiger partial charge is 0.508 e. The first-order valence-electron chi connectivity index (χ1n) is 10.8. The lowest BCUT2D eigenvalue weighted by atomic mass is 10.2. The summed E-state index contributed by atoms with van der Waals surface area (Å²) in [6.45, 7) is -1.05. The molecule has 8 nitrogen and oxygen atoms in total. The summed E-state index contributed by atoms with van der Waals surface area (Å²) in [6, 6.07) is 9.95. The Balaban J connectivity index is 0.000000212. The third-order valence-corrected chi connectivity index (χ3v) is 5.15. The maximum Gasteiger partial charge on any atom is 0.406 e. The molecular formula is C24H20F6N2O6. The fourth-order valence-corrected chi connectivity index (χ4v) is 3.77. The van der Waals surface area contributed by atoms with Gasteiger partial charge < -0.3 is 29.2 Å². The molecule has 0 aliphatic rings. The Morgan fingerprint density at radius 1 is 0.763 bits per heavy atom. The van der Waals surface area contributed by atoms with Crippen molar-refractivity contribution >= 4 is 33.7 Å². The van der Waals surface area contributed by atoms with E-state index in [1.807, 2.05) is 0 Å². The predicted molar refractivity (Wildman–Crippen MR) is 122 cm³/mol. The van der Waals surface area contributed by atoms with Gasteiger partial charge in [-0.2, -0.15) is 26.3 Å². The molecule has 2 aromatic carbocycles. The second-order valence-corrected chi connectivity index (χ2v) is 7.97. The van der Waals surface area contributed by atoms with Crippen LogP contribution in [0.1, 0.15) is 27.9 Å². The summed E-state index contributed by atoms with van der Waals surface area (Å²) in [6.07, 6.45) is -8.99. The van der Waals surface area contributed by atoms with E-state index < -0.39 is 43.1 Å². The van der Waals surface area contributed by atoms with Crippen molar-refractivity contribution in [3.05, 3.63) is 59.9 Å². The first-order valence-corrected chi connectivity index (χ1v) is 10.8. The molecule has 4 aromatic rings. The standard InChI is InChI=1S/C13H12F3NO3.C11H8F3NO3/c1-2-20-12(19)11-6-8-5-9(18)3-4-10(8)17(11)7-13(14,15)16;12-11(13,14)5-15-8-2-1-7(16)3-6(8)4-9(15)10(17)18/h3-6,18H,2,7H2,1H3;1-4,16H,5H2,(H,17,18). The average Bonchev–Trinajstić information content (AvgIpc) is 3.30. The number of hydrogen-bond acceptors (Lipinski definition) is 5. The summed E-state index contributed by atoms with van der Waals surface area (Å²) in [4.78, 5) is 22.6. The first-order chi connectivity index (χ1) is 17.6. The lowest BCUT2D eigenvalue weighted by Crippen LogP contribution is -2.21. The number of fused-ring (bicyclic) bond motifs is 2. The number of phenolic OH excluding ortho intramolecular Hbond substituents is 2. The Bertz CT molecular complexity index is 1490. The van der Waals surface area contributed by atoms with Gasteiger partial charge in [0.2, 0.25) is 0 Å². The molecule has 2 aromatic heterocycles. The summed E-state index contributed by atoms with van der Waals surface area (Å²) in [5.74, 6) is -2.50. The van der Waals surface area contributed by atoms with Gasteiger partial charge in [0, 0.05) is 21.8 Å². The van der Waals surface area contributed by atoms with E-state index >= 15 is 0 Å². The van der Waals surface area contributed by atoms with Crippen LogP contribution in [0.25, 0.3) is 21.8 Å². The van der Waals surface area contributed by atoms with E-state index in [4.69, 9.17) is 9.84 Å². The fraction of sp³-hybridized carbons (Fsp3) is 0.250.